The van der Waals surface area contributed by atoms with Crippen LogP contribution < -0.4 is 11.5 Å². The maximum atomic E-state index is 5.40. The Hall–Kier alpha value is -0.570. The van der Waals surface area contributed by atoms with E-state index in [1.54, 1.807) is 0 Å². The second-order valence-corrected chi connectivity index (χ2v) is 1.92. The number of nitrogens with two attached hydrogens (primary N) is 2. The van der Waals surface area contributed by atoms with Crippen molar-refractivity contribution < 1.29 is 0 Å². The molecule has 0 saturated heterocycles. The normalized spacial score (nSPS) is 12.8. The molecule has 0 aromatic rings. The zero-order chi connectivity index (χ0) is 6.57. The molecule has 0 aromatic carbocycles. The van der Waals surface area contributed by atoms with Crippen molar-refractivity contribution in [2.75, 3.05) is 6.67 Å². The Morgan fingerprint density at radius 1 is 1.62 bits per heavy atom. The van der Waals surface area contributed by atoms with E-state index in [0.717, 1.165) is 0 Å². The van der Waals surface area contributed by atoms with Crippen LogP contribution in [0.15, 0.2) is 4.99 Å². The highest BCUT2D eigenvalue weighted by molar-refractivity contribution is 5.82. The molecule has 0 fully saturated rings. The number of hydrogen-bond donors (Lipinski definition) is 2. The molecule has 0 saturated carbocycles. The van der Waals surface area contributed by atoms with Crippen LogP contribution in [0.25, 0.3) is 0 Å². The molecule has 8 heavy (non-hydrogen) atoms. The predicted molar refractivity (Wildman–Crippen MR) is 35.5 cm³/mol. The largest absolute Gasteiger partial charge is 0.387 e. The first-order valence-electron chi connectivity index (χ1n) is 2.68. The lowest BCUT2D eigenvalue weighted by molar-refractivity contribution is 0.857. The fourth-order valence-corrected chi connectivity index (χ4v) is 0.288. The van der Waals surface area contributed by atoms with Gasteiger partial charge in [-0.2, -0.15) is 0 Å². The van der Waals surface area contributed by atoms with Crippen LogP contribution in [0.1, 0.15) is 13.8 Å². The van der Waals surface area contributed by atoms with Gasteiger partial charge in [0.25, 0.3) is 0 Å². The highest BCUT2D eigenvalue weighted by Crippen LogP contribution is 1.88. The molecule has 0 heterocycles. The average Bonchev–Trinajstić information content (AvgIpc) is 1.67. The predicted octanol–water partition coefficient (Wildman–Crippen LogP) is -0.0842. The summed E-state index contributed by atoms with van der Waals surface area (Å²) in [7, 11) is 0. The summed E-state index contributed by atoms with van der Waals surface area (Å²) in [6, 6.07) is 0. The van der Waals surface area contributed by atoms with Gasteiger partial charge in [-0.3, -0.25) is 4.99 Å². The van der Waals surface area contributed by atoms with Gasteiger partial charge in [0.05, 0.1) is 12.5 Å². The Morgan fingerprint density at radius 3 is 2.25 bits per heavy atom. The smallest absolute Gasteiger partial charge is 0.0978 e. The summed E-state index contributed by atoms with van der Waals surface area (Å²) >= 11 is 0. The Morgan fingerprint density at radius 2 is 2.12 bits per heavy atom. The van der Waals surface area contributed by atoms with E-state index < -0.39 is 0 Å². The van der Waals surface area contributed by atoms with Crippen molar-refractivity contribution in [3.05, 3.63) is 0 Å². The minimum Gasteiger partial charge on any atom is -0.387 e. The molecule has 0 atom stereocenters. The summed E-state index contributed by atoms with van der Waals surface area (Å²) in [5.41, 5.74) is 10.5. The highest BCUT2D eigenvalue weighted by atomic mass is 14.9. The van der Waals surface area contributed by atoms with E-state index in [-0.39, 0.29) is 0 Å². The van der Waals surface area contributed by atoms with E-state index in [4.69, 9.17) is 11.5 Å². The summed E-state index contributed by atoms with van der Waals surface area (Å²) in [6.45, 7) is 4.26. The second-order valence-electron chi connectivity index (χ2n) is 1.92. The lowest BCUT2D eigenvalue weighted by Crippen LogP contribution is -2.20. The van der Waals surface area contributed by atoms with Crippen LogP contribution in [0.5, 0.6) is 0 Å². The van der Waals surface area contributed by atoms with Crippen molar-refractivity contribution >= 4 is 5.84 Å². The molecule has 0 aliphatic carbocycles. The first kappa shape index (κ1) is 7.43. The van der Waals surface area contributed by atoms with E-state index in [1.165, 1.54) is 0 Å². The van der Waals surface area contributed by atoms with Gasteiger partial charge in [-0.1, -0.05) is 13.8 Å². The Kier molecular flexibility index (Phi) is 3.19. The van der Waals surface area contributed by atoms with Crippen molar-refractivity contribution in [2.45, 2.75) is 13.8 Å². The molecule has 0 radical (unpaired) electrons. The molecule has 0 aliphatic rings. The number of aliphatic imine (C=N–C) groups is 1. The molecule has 0 aromatic heterocycles. The van der Waals surface area contributed by atoms with Gasteiger partial charge in [-0.25, -0.2) is 0 Å². The van der Waals surface area contributed by atoms with Crippen LogP contribution in [0.4, 0.5) is 0 Å². The van der Waals surface area contributed by atoms with E-state index in [1.807, 2.05) is 13.8 Å². The van der Waals surface area contributed by atoms with Crippen LogP contribution in [0.3, 0.4) is 0 Å². The molecule has 0 aliphatic heterocycles. The minimum atomic E-state index is 0.296. The molecule has 0 bridgehead atoms. The molecule has 48 valence electrons. The van der Waals surface area contributed by atoms with Gasteiger partial charge in [0, 0.05) is 5.92 Å². The Bertz CT molecular complexity index is 85.7. The van der Waals surface area contributed by atoms with Crippen LogP contribution in [-0.2, 0) is 0 Å². The van der Waals surface area contributed by atoms with Gasteiger partial charge in [0.1, 0.15) is 0 Å². The van der Waals surface area contributed by atoms with Crippen molar-refractivity contribution in [1.82, 2.24) is 0 Å². The monoisotopic (exact) mass is 115 g/mol. The second kappa shape index (κ2) is 3.43. The zero-order valence-electron chi connectivity index (χ0n) is 5.39. The van der Waals surface area contributed by atoms with Crippen LogP contribution in [0.2, 0.25) is 0 Å². The number of amidine groups is 1. The molecular weight excluding hydrogens is 102 g/mol. The highest BCUT2D eigenvalue weighted by Gasteiger charge is 1.94. The summed E-state index contributed by atoms with van der Waals surface area (Å²) in [6.07, 6.45) is 0. The van der Waals surface area contributed by atoms with Gasteiger partial charge in [0.2, 0.25) is 0 Å². The Balaban J connectivity index is 3.61. The molecule has 0 rings (SSSR count). The molecule has 0 amide bonds. The van der Waals surface area contributed by atoms with Crippen LogP contribution in [0, 0.1) is 5.92 Å². The molecule has 3 heteroatoms. The van der Waals surface area contributed by atoms with Gasteiger partial charge in [0.15, 0.2) is 0 Å². The average molecular weight is 115 g/mol. The van der Waals surface area contributed by atoms with E-state index in [2.05, 4.69) is 4.99 Å². The fourth-order valence-electron chi connectivity index (χ4n) is 0.288. The Labute approximate surface area is 49.8 Å². The summed E-state index contributed by atoms with van der Waals surface area (Å²) in [4.78, 5) is 3.80. The topological polar surface area (TPSA) is 64.4 Å². The summed E-state index contributed by atoms with van der Waals surface area (Å²) < 4.78 is 0. The van der Waals surface area contributed by atoms with Gasteiger partial charge >= 0.3 is 0 Å². The lowest BCUT2D eigenvalue weighted by Gasteiger charge is -2.00. The third kappa shape index (κ3) is 2.58. The SMILES string of the molecule is CC(C)/C(N)=N/CN. The van der Waals surface area contributed by atoms with Gasteiger partial charge in [-0.05, 0) is 0 Å². The molecule has 3 nitrogen and oxygen atoms in total. The summed E-state index contributed by atoms with van der Waals surface area (Å²) in [5, 5.41) is 0. The zero-order valence-corrected chi connectivity index (χ0v) is 5.39. The first-order valence-corrected chi connectivity index (χ1v) is 2.68. The van der Waals surface area contributed by atoms with Crippen molar-refractivity contribution in [3.8, 4) is 0 Å². The molecular formula is C5H13N3. The van der Waals surface area contributed by atoms with Gasteiger partial charge < -0.3 is 11.5 Å². The third-order valence-corrected chi connectivity index (χ3v) is 0.865. The lowest BCUT2D eigenvalue weighted by atomic mass is 10.2. The van der Waals surface area contributed by atoms with Crippen molar-refractivity contribution in [3.63, 3.8) is 0 Å². The number of rotatable bonds is 2. The van der Waals surface area contributed by atoms with Crippen molar-refractivity contribution in [1.29, 1.82) is 0 Å². The van der Waals surface area contributed by atoms with Crippen molar-refractivity contribution in [2.24, 2.45) is 22.4 Å². The van der Waals surface area contributed by atoms with E-state index in [0.29, 0.717) is 18.4 Å². The first-order chi connectivity index (χ1) is 3.68. The maximum absolute atomic E-state index is 5.40. The van der Waals surface area contributed by atoms with Gasteiger partial charge in [-0.15, -0.1) is 0 Å². The van der Waals surface area contributed by atoms with Crippen LogP contribution in [-0.4, -0.2) is 12.5 Å². The molecule has 4 N–H and O–H groups in total. The minimum absolute atomic E-state index is 0.296. The molecule has 0 unspecified atom stereocenters. The van der Waals surface area contributed by atoms with E-state index in [9.17, 15) is 0 Å². The molecule has 0 spiro atoms. The van der Waals surface area contributed by atoms with Crippen LogP contribution >= 0.6 is 0 Å². The van der Waals surface area contributed by atoms with E-state index >= 15 is 0 Å². The third-order valence-electron chi connectivity index (χ3n) is 0.865. The fraction of sp³-hybridized carbons (Fsp3) is 0.800. The summed E-state index contributed by atoms with van der Waals surface area (Å²) in [5.74, 6) is 0.950. The number of hydrogen-bond acceptors (Lipinski definition) is 2. The number of nitrogens with zero attached hydrogens (tertiary/aromatic N) is 1. The standard InChI is InChI=1S/C5H13N3/c1-4(2)5(7)8-3-6/h4H,3,6H2,1-2H3,(H2,7,8). The quantitative estimate of drug-likeness (QED) is 0.390. The maximum Gasteiger partial charge on any atom is 0.0978 e.